The van der Waals surface area contributed by atoms with Gasteiger partial charge in [-0.25, -0.2) is 0 Å². The van der Waals surface area contributed by atoms with Gasteiger partial charge in [-0.1, -0.05) is 146 Å². The third-order valence-corrected chi connectivity index (χ3v) is 10.3. The molecule has 0 aliphatic carbocycles. The van der Waals surface area contributed by atoms with E-state index in [1.165, 1.54) is 44.0 Å². The molecule has 10 rings (SSSR count). The first-order valence-corrected chi connectivity index (χ1v) is 17.8. The molecule has 0 aliphatic heterocycles. The van der Waals surface area contributed by atoms with E-state index >= 15 is 0 Å². The highest BCUT2D eigenvalue weighted by Crippen LogP contribution is 2.41. The summed E-state index contributed by atoms with van der Waals surface area (Å²) >= 11 is 0. The van der Waals surface area contributed by atoms with Crippen LogP contribution in [0.15, 0.2) is 205 Å². The number of nitrogens with zero attached hydrogens (tertiary/aromatic N) is 1. The van der Waals surface area contributed by atoms with Crippen molar-refractivity contribution in [2.75, 3.05) is 4.90 Å². The van der Waals surface area contributed by atoms with Gasteiger partial charge in [0.15, 0.2) is 0 Å². The SMILES string of the molecule is c1ccc(N(c2ccc(-c3cccc(-c4cccc5ccccc45)c3)cc2)c2ccc(-c3cccc4oc5c6ccccc6ccc5c34)cc2)cc1. The molecule has 2 nitrogen and oxygen atoms in total. The van der Waals surface area contributed by atoms with Crippen LogP contribution in [-0.2, 0) is 0 Å². The monoisotopic (exact) mass is 663 g/mol. The van der Waals surface area contributed by atoms with Crippen LogP contribution in [0.5, 0.6) is 0 Å². The lowest BCUT2D eigenvalue weighted by atomic mass is 9.95. The number of anilines is 3. The van der Waals surface area contributed by atoms with Crippen LogP contribution in [-0.4, -0.2) is 0 Å². The predicted molar refractivity (Wildman–Crippen MR) is 220 cm³/mol. The fraction of sp³-hybridized carbons (Fsp3) is 0. The molecule has 52 heavy (non-hydrogen) atoms. The minimum absolute atomic E-state index is 0.904. The summed E-state index contributed by atoms with van der Waals surface area (Å²) in [5, 5.41) is 7.14. The second-order valence-corrected chi connectivity index (χ2v) is 13.3. The molecular formula is C50H33NO. The predicted octanol–water partition coefficient (Wildman–Crippen LogP) is 14.4. The molecule has 244 valence electrons. The number of para-hydroxylation sites is 1. The van der Waals surface area contributed by atoms with Gasteiger partial charge in [0.05, 0.1) is 0 Å². The molecule has 0 atom stereocenters. The van der Waals surface area contributed by atoms with Gasteiger partial charge >= 0.3 is 0 Å². The Morgan fingerprint density at radius 1 is 0.327 bits per heavy atom. The van der Waals surface area contributed by atoms with E-state index in [9.17, 15) is 0 Å². The van der Waals surface area contributed by atoms with Crippen LogP contribution in [0.1, 0.15) is 0 Å². The first kappa shape index (κ1) is 30.0. The van der Waals surface area contributed by atoms with E-state index in [1.54, 1.807) is 0 Å². The molecule has 1 aromatic heterocycles. The Labute approximate surface area is 302 Å². The Hall–Kier alpha value is -6.90. The highest BCUT2D eigenvalue weighted by molar-refractivity contribution is 6.19. The van der Waals surface area contributed by atoms with E-state index in [0.717, 1.165) is 50.0 Å². The summed E-state index contributed by atoms with van der Waals surface area (Å²) < 4.78 is 6.48. The lowest BCUT2D eigenvalue weighted by Crippen LogP contribution is -2.09. The first-order valence-electron chi connectivity index (χ1n) is 17.8. The summed E-state index contributed by atoms with van der Waals surface area (Å²) in [5.41, 5.74) is 12.3. The summed E-state index contributed by atoms with van der Waals surface area (Å²) in [6, 6.07) is 71.6. The molecule has 0 N–H and O–H groups in total. The molecule has 2 heteroatoms. The lowest BCUT2D eigenvalue weighted by Gasteiger charge is -2.26. The van der Waals surface area contributed by atoms with Gasteiger partial charge in [-0.05, 0) is 104 Å². The third-order valence-electron chi connectivity index (χ3n) is 10.3. The van der Waals surface area contributed by atoms with Crippen LogP contribution in [0.4, 0.5) is 17.1 Å². The van der Waals surface area contributed by atoms with Crippen molar-refractivity contribution in [1.29, 1.82) is 0 Å². The van der Waals surface area contributed by atoms with Gasteiger partial charge in [-0.2, -0.15) is 0 Å². The first-order chi connectivity index (χ1) is 25.8. The second-order valence-electron chi connectivity index (χ2n) is 13.3. The number of rotatable bonds is 6. The van der Waals surface area contributed by atoms with Crippen molar-refractivity contribution in [2.45, 2.75) is 0 Å². The molecule has 1 heterocycles. The molecule has 0 bridgehead atoms. The number of benzene rings is 9. The largest absolute Gasteiger partial charge is 0.455 e. The minimum atomic E-state index is 0.904. The van der Waals surface area contributed by atoms with Gasteiger partial charge in [0.25, 0.3) is 0 Å². The van der Waals surface area contributed by atoms with E-state index < -0.39 is 0 Å². The fourth-order valence-electron chi connectivity index (χ4n) is 7.76. The quantitative estimate of drug-likeness (QED) is 0.176. The maximum atomic E-state index is 6.48. The summed E-state index contributed by atoms with van der Waals surface area (Å²) in [5.74, 6) is 0. The molecule has 0 saturated heterocycles. The van der Waals surface area contributed by atoms with Gasteiger partial charge in [-0.15, -0.1) is 0 Å². The molecule has 0 saturated carbocycles. The van der Waals surface area contributed by atoms with Crippen molar-refractivity contribution in [2.24, 2.45) is 0 Å². The maximum Gasteiger partial charge on any atom is 0.143 e. The molecule has 0 fully saturated rings. The van der Waals surface area contributed by atoms with Crippen molar-refractivity contribution < 1.29 is 4.42 Å². The maximum absolute atomic E-state index is 6.48. The standard InChI is InChI=1S/C50H33NO/c1-2-16-40(17-3-1)51(41-28-23-34(24-29-41)38-14-8-15-39(33-38)44-20-9-13-35-11-4-6-18-43(35)44)42-30-25-37(26-31-42)45-21-10-22-48-49(45)47-32-27-36-12-5-7-19-46(36)50(47)52-48/h1-33H. The smallest absolute Gasteiger partial charge is 0.143 e. The van der Waals surface area contributed by atoms with Crippen LogP contribution in [0, 0.1) is 0 Å². The third kappa shape index (κ3) is 5.12. The lowest BCUT2D eigenvalue weighted by molar-refractivity contribution is 0.673. The van der Waals surface area contributed by atoms with Crippen molar-refractivity contribution in [3.8, 4) is 33.4 Å². The van der Waals surface area contributed by atoms with Crippen molar-refractivity contribution in [3.63, 3.8) is 0 Å². The number of hydrogen-bond donors (Lipinski definition) is 0. The number of fused-ring (bicyclic) bond motifs is 6. The zero-order chi connectivity index (χ0) is 34.4. The molecule has 0 radical (unpaired) electrons. The Morgan fingerprint density at radius 3 is 1.69 bits per heavy atom. The molecule has 0 amide bonds. The van der Waals surface area contributed by atoms with E-state index in [2.05, 4.69) is 205 Å². The van der Waals surface area contributed by atoms with Crippen LogP contribution in [0.2, 0.25) is 0 Å². The summed E-state index contributed by atoms with van der Waals surface area (Å²) in [6.07, 6.45) is 0. The van der Waals surface area contributed by atoms with Crippen LogP contribution in [0.3, 0.4) is 0 Å². The van der Waals surface area contributed by atoms with E-state index in [1.807, 2.05) is 0 Å². The molecule has 0 spiro atoms. The topological polar surface area (TPSA) is 16.4 Å². The van der Waals surface area contributed by atoms with Crippen molar-refractivity contribution in [1.82, 2.24) is 0 Å². The second kappa shape index (κ2) is 12.5. The Kier molecular flexibility index (Phi) is 7.18. The van der Waals surface area contributed by atoms with E-state index in [-0.39, 0.29) is 0 Å². The highest BCUT2D eigenvalue weighted by Gasteiger charge is 2.17. The van der Waals surface area contributed by atoms with E-state index in [0.29, 0.717) is 0 Å². The minimum Gasteiger partial charge on any atom is -0.455 e. The zero-order valence-electron chi connectivity index (χ0n) is 28.4. The molecule has 0 unspecified atom stereocenters. The number of furan rings is 1. The Bertz CT molecular complexity index is 2880. The summed E-state index contributed by atoms with van der Waals surface area (Å²) in [6.45, 7) is 0. The molecular weight excluding hydrogens is 631 g/mol. The highest BCUT2D eigenvalue weighted by atomic mass is 16.3. The Morgan fingerprint density at radius 2 is 0.904 bits per heavy atom. The van der Waals surface area contributed by atoms with Crippen LogP contribution >= 0.6 is 0 Å². The molecule has 0 aliphatic rings. The van der Waals surface area contributed by atoms with Crippen LogP contribution in [0.25, 0.3) is 76.9 Å². The van der Waals surface area contributed by atoms with Crippen molar-refractivity contribution in [3.05, 3.63) is 200 Å². The van der Waals surface area contributed by atoms with E-state index in [4.69, 9.17) is 4.42 Å². The number of hydrogen-bond acceptors (Lipinski definition) is 2. The van der Waals surface area contributed by atoms with Crippen LogP contribution < -0.4 is 4.90 Å². The van der Waals surface area contributed by atoms with Gasteiger partial charge in [0.2, 0.25) is 0 Å². The van der Waals surface area contributed by atoms with Gasteiger partial charge in [0, 0.05) is 33.2 Å². The molecule has 10 aromatic rings. The average molecular weight is 664 g/mol. The zero-order valence-corrected chi connectivity index (χ0v) is 28.4. The normalized spacial score (nSPS) is 11.5. The fourth-order valence-corrected chi connectivity index (χ4v) is 7.76. The average Bonchev–Trinajstić information content (AvgIpc) is 3.62. The Balaban J connectivity index is 1.01. The summed E-state index contributed by atoms with van der Waals surface area (Å²) in [4.78, 5) is 2.32. The summed E-state index contributed by atoms with van der Waals surface area (Å²) in [7, 11) is 0. The van der Waals surface area contributed by atoms with Gasteiger partial charge in [0.1, 0.15) is 11.2 Å². The van der Waals surface area contributed by atoms with Gasteiger partial charge in [-0.3, -0.25) is 0 Å². The van der Waals surface area contributed by atoms with Gasteiger partial charge < -0.3 is 9.32 Å². The molecule has 9 aromatic carbocycles. The van der Waals surface area contributed by atoms with Crippen molar-refractivity contribution >= 4 is 60.5 Å².